The van der Waals surface area contributed by atoms with Crippen molar-refractivity contribution in [1.29, 1.82) is 0 Å². The summed E-state index contributed by atoms with van der Waals surface area (Å²) < 4.78 is 35.0. The van der Waals surface area contributed by atoms with E-state index in [1.54, 1.807) is 14.2 Å². The largest absolute Gasteiger partial charge is 0.493 e. The molecule has 8 nitrogen and oxygen atoms in total. The zero-order valence-electron chi connectivity index (χ0n) is 21.5. The van der Waals surface area contributed by atoms with E-state index in [1.807, 2.05) is 19.2 Å². The number of cyclic esters (lactones) is 1. The van der Waals surface area contributed by atoms with Gasteiger partial charge in [0.05, 0.1) is 27.4 Å². The van der Waals surface area contributed by atoms with E-state index in [-0.39, 0.29) is 12.8 Å². The number of aryl methyl sites for hydroxylation is 1. The molecule has 3 aromatic rings. The number of carbonyl (C=O) groups excluding carboxylic acids is 1. The van der Waals surface area contributed by atoms with Crippen LogP contribution in [0.5, 0.6) is 28.7 Å². The van der Waals surface area contributed by atoms with Crippen LogP contribution in [0.4, 0.5) is 0 Å². The normalized spacial score (nSPS) is 19.8. The van der Waals surface area contributed by atoms with Crippen molar-refractivity contribution in [2.75, 3.05) is 41.7 Å². The van der Waals surface area contributed by atoms with Crippen LogP contribution in [-0.2, 0) is 11.2 Å². The van der Waals surface area contributed by atoms with Gasteiger partial charge in [-0.1, -0.05) is 35.9 Å². The molecule has 3 heterocycles. The molecule has 192 valence electrons. The van der Waals surface area contributed by atoms with Crippen molar-refractivity contribution in [1.82, 2.24) is 4.90 Å². The lowest BCUT2D eigenvalue weighted by Gasteiger charge is -2.39. The summed E-state index contributed by atoms with van der Waals surface area (Å²) in [6.45, 7) is 2.94. The van der Waals surface area contributed by atoms with Crippen LogP contribution in [0.3, 0.4) is 0 Å². The van der Waals surface area contributed by atoms with Crippen molar-refractivity contribution in [3.63, 3.8) is 0 Å². The van der Waals surface area contributed by atoms with E-state index in [1.165, 1.54) is 12.7 Å². The quantitative estimate of drug-likeness (QED) is 0.457. The van der Waals surface area contributed by atoms with Crippen LogP contribution in [0.25, 0.3) is 11.1 Å². The van der Waals surface area contributed by atoms with Crippen molar-refractivity contribution < 1.29 is 33.2 Å². The van der Waals surface area contributed by atoms with Gasteiger partial charge in [-0.3, -0.25) is 4.90 Å². The number of carbonyl (C=O) groups is 1. The van der Waals surface area contributed by atoms with E-state index in [0.29, 0.717) is 34.3 Å². The molecule has 0 aliphatic carbocycles. The number of fused-ring (bicyclic) bond motifs is 3. The van der Waals surface area contributed by atoms with Gasteiger partial charge in [0, 0.05) is 23.2 Å². The molecule has 37 heavy (non-hydrogen) atoms. The summed E-state index contributed by atoms with van der Waals surface area (Å²) >= 11 is 0. The predicted octanol–water partition coefficient (Wildman–Crippen LogP) is 4.86. The highest BCUT2D eigenvalue weighted by molar-refractivity contribution is 5.98. The van der Waals surface area contributed by atoms with Crippen LogP contribution in [0.2, 0.25) is 0 Å². The summed E-state index contributed by atoms with van der Waals surface area (Å²) in [6, 6.07) is 11.8. The van der Waals surface area contributed by atoms with Gasteiger partial charge in [0.15, 0.2) is 23.0 Å². The number of nitrogens with zero attached hydrogens (tertiary/aromatic N) is 1. The summed E-state index contributed by atoms with van der Waals surface area (Å²) in [5, 5.41) is 0. The van der Waals surface area contributed by atoms with Crippen LogP contribution < -0.4 is 23.7 Å². The lowest BCUT2D eigenvalue weighted by Crippen LogP contribution is -2.36. The Morgan fingerprint density at radius 2 is 1.62 bits per heavy atom. The van der Waals surface area contributed by atoms with Crippen molar-refractivity contribution >= 4 is 5.97 Å². The highest BCUT2D eigenvalue weighted by Crippen LogP contribution is 2.58. The number of ether oxygens (including phenoxy) is 6. The lowest BCUT2D eigenvalue weighted by molar-refractivity contribution is 0.00877. The SMILES string of the molecule is COc1ccc2c(c1OC)C(=O)OC2C1c2c(c(-c3ccc(C)cc3)c3c(c2OC)OCO3)CCN1C. The molecule has 0 radical (unpaired) electrons. The second kappa shape index (κ2) is 8.88. The second-order valence-corrected chi connectivity index (χ2v) is 9.50. The summed E-state index contributed by atoms with van der Waals surface area (Å²) in [4.78, 5) is 15.4. The first-order valence-electron chi connectivity index (χ1n) is 12.2. The monoisotopic (exact) mass is 503 g/mol. The minimum atomic E-state index is -0.577. The maximum Gasteiger partial charge on any atom is 0.343 e. The molecule has 6 rings (SSSR count). The minimum Gasteiger partial charge on any atom is -0.493 e. The summed E-state index contributed by atoms with van der Waals surface area (Å²) in [5.41, 5.74) is 6.42. The first kappa shape index (κ1) is 23.5. The van der Waals surface area contributed by atoms with Crippen molar-refractivity contribution in [2.45, 2.75) is 25.5 Å². The Morgan fingerprint density at radius 3 is 2.32 bits per heavy atom. The number of esters is 1. The summed E-state index contributed by atoms with van der Waals surface area (Å²) in [6.07, 6.45) is 0.198. The van der Waals surface area contributed by atoms with Crippen LogP contribution in [0.1, 0.15) is 44.8 Å². The number of hydrogen-bond acceptors (Lipinski definition) is 8. The molecule has 2 unspecified atom stereocenters. The third kappa shape index (κ3) is 3.43. The Balaban J connectivity index is 1.59. The average Bonchev–Trinajstić information content (AvgIpc) is 3.52. The second-order valence-electron chi connectivity index (χ2n) is 9.50. The van der Waals surface area contributed by atoms with Crippen molar-refractivity contribution in [3.8, 4) is 39.9 Å². The molecule has 0 N–H and O–H groups in total. The number of benzene rings is 3. The Bertz CT molecular complexity index is 1400. The van der Waals surface area contributed by atoms with E-state index in [9.17, 15) is 4.79 Å². The number of rotatable bonds is 5. The van der Waals surface area contributed by atoms with E-state index >= 15 is 0 Å². The zero-order chi connectivity index (χ0) is 25.8. The number of hydrogen-bond donors (Lipinski definition) is 0. The summed E-state index contributed by atoms with van der Waals surface area (Å²) in [5.74, 6) is 2.31. The van der Waals surface area contributed by atoms with Crippen molar-refractivity contribution in [3.05, 3.63) is 64.2 Å². The van der Waals surface area contributed by atoms with Crippen LogP contribution in [-0.4, -0.2) is 52.6 Å². The van der Waals surface area contributed by atoms with Gasteiger partial charge in [-0.2, -0.15) is 0 Å². The van der Waals surface area contributed by atoms with Gasteiger partial charge in [-0.05, 0) is 37.6 Å². The Hall–Kier alpha value is -3.91. The summed E-state index contributed by atoms with van der Waals surface area (Å²) in [7, 11) is 6.75. The van der Waals surface area contributed by atoms with E-state index < -0.39 is 12.1 Å². The molecule has 2 atom stereocenters. The Labute approximate surface area is 215 Å². The van der Waals surface area contributed by atoms with Gasteiger partial charge < -0.3 is 28.4 Å². The molecule has 0 fully saturated rings. The van der Waals surface area contributed by atoms with E-state index in [2.05, 4.69) is 36.1 Å². The predicted molar refractivity (Wildman–Crippen MR) is 136 cm³/mol. The van der Waals surface area contributed by atoms with Gasteiger partial charge in [-0.25, -0.2) is 4.79 Å². The van der Waals surface area contributed by atoms with Gasteiger partial charge >= 0.3 is 5.97 Å². The molecule has 3 aromatic carbocycles. The molecule has 0 spiro atoms. The highest BCUT2D eigenvalue weighted by Gasteiger charge is 2.47. The van der Waals surface area contributed by atoms with Crippen LogP contribution >= 0.6 is 0 Å². The number of methoxy groups -OCH3 is 3. The van der Waals surface area contributed by atoms with Gasteiger partial charge in [0.25, 0.3) is 0 Å². The van der Waals surface area contributed by atoms with Gasteiger partial charge in [0.2, 0.25) is 12.5 Å². The molecule has 3 aliphatic rings. The van der Waals surface area contributed by atoms with E-state index in [0.717, 1.165) is 40.8 Å². The zero-order valence-corrected chi connectivity index (χ0v) is 21.5. The molecule has 0 amide bonds. The fourth-order valence-electron chi connectivity index (χ4n) is 5.86. The third-order valence-electron chi connectivity index (χ3n) is 7.56. The fraction of sp³-hybridized carbons (Fsp3) is 0.345. The fourth-order valence-corrected chi connectivity index (χ4v) is 5.86. The number of likely N-dealkylation sites (N-methyl/N-ethyl adjacent to an activating group) is 1. The maximum atomic E-state index is 13.2. The molecular weight excluding hydrogens is 474 g/mol. The Morgan fingerprint density at radius 1 is 0.892 bits per heavy atom. The molecular formula is C29H29NO7. The maximum absolute atomic E-state index is 13.2. The molecule has 0 saturated heterocycles. The third-order valence-corrected chi connectivity index (χ3v) is 7.56. The Kier molecular flexibility index (Phi) is 5.64. The van der Waals surface area contributed by atoms with Crippen molar-refractivity contribution in [2.24, 2.45) is 0 Å². The topological polar surface area (TPSA) is 75.7 Å². The van der Waals surface area contributed by atoms with Crippen LogP contribution in [0.15, 0.2) is 36.4 Å². The first-order chi connectivity index (χ1) is 18.0. The molecule has 0 bridgehead atoms. The lowest BCUT2D eigenvalue weighted by atomic mass is 9.81. The van der Waals surface area contributed by atoms with Gasteiger partial charge in [-0.15, -0.1) is 0 Å². The molecule has 0 saturated carbocycles. The van der Waals surface area contributed by atoms with Crippen LogP contribution in [0, 0.1) is 6.92 Å². The average molecular weight is 504 g/mol. The molecule has 0 aromatic heterocycles. The highest BCUT2D eigenvalue weighted by atomic mass is 16.7. The van der Waals surface area contributed by atoms with Gasteiger partial charge in [0.1, 0.15) is 11.7 Å². The van der Waals surface area contributed by atoms with E-state index in [4.69, 9.17) is 28.4 Å². The first-order valence-corrected chi connectivity index (χ1v) is 12.2. The molecule has 8 heteroatoms. The standard InChI is InChI=1S/C29H29NO7/c1-15-6-8-16(9-7-15)20-17-12-13-30(2)23(21(17)26(34-5)28-27(20)35-14-36-28)24-18-10-11-19(32-3)25(33-4)22(18)29(31)37-24/h6-11,23-24H,12-14H2,1-5H3. The smallest absolute Gasteiger partial charge is 0.343 e. The minimum absolute atomic E-state index is 0.117. The molecule has 3 aliphatic heterocycles.